The van der Waals surface area contributed by atoms with Crippen LogP contribution in [0.5, 0.6) is 0 Å². The van der Waals surface area contributed by atoms with Gasteiger partial charge < -0.3 is 5.11 Å². The third kappa shape index (κ3) is 2.24. The second-order valence-corrected chi connectivity index (χ2v) is 6.25. The first kappa shape index (κ1) is 13.6. The van der Waals surface area contributed by atoms with Gasteiger partial charge in [0.15, 0.2) is 0 Å². The van der Waals surface area contributed by atoms with Gasteiger partial charge in [-0.3, -0.25) is 14.4 Å². The minimum absolute atomic E-state index is 0.317. The number of carbonyl (C=O) groups is 1. The van der Waals surface area contributed by atoms with Crippen LogP contribution in [0.3, 0.4) is 0 Å². The van der Waals surface area contributed by atoms with Crippen molar-refractivity contribution in [2.45, 2.75) is 57.7 Å². The summed E-state index contributed by atoms with van der Waals surface area (Å²) < 4.78 is 1.86. The third-order valence-electron chi connectivity index (χ3n) is 5.20. The maximum absolute atomic E-state index is 11.6. The van der Waals surface area contributed by atoms with E-state index < -0.39 is 5.97 Å². The molecule has 2 aliphatic rings. The topological polar surface area (TPSA) is 58.4 Å². The molecule has 0 radical (unpaired) electrons. The number of aryl methyl sites for hydroxylation is 1. The van der Waals surface area contributed by atoms with Gasteiger partial charge in [0, 0.05) is 30.9 Å². The lowest BCUT2D eigenvalue weighted by Gasteiger charge is -2.32. The minimum atomic E-state index is -0.666. The molecule has 2 fully saturated rings. The molecule has 3 atom stereocenters. The number of carboxylic acids is 1. The second-order valence-electron chi connectivity index (χ2n) is 6.25. The number of hydrogen-bond acceptors (Lipinski definition) is 3. The van der Waals surface area contributed by atoms with E-state index in [-0.39, 0.29) is 6.04 Å². The van der Waals surface area contributed by atoms with E-state index in [9.17, 15) is 9.90 Å². The molecule has 1 saturated carbocycles. The molecule has 1 N–H and O–H groups in total. The van der Waals surface area contributed by atoms with E-state index in [2.05, 4.69) is 10.00 Å². The molecular weight excluding hydrogens is 254 g/mol. The van der Waals surface area contributed by atoms with Crippen LogP contribution >= 0.6 is 0 Å². The smallest absolute Gasteiger partial charge is 0.320 e. The van der Waals surface area contributed by atoms with Crippen molar-refractivity contribution in [1.82, 2.24) is 14.7 Å². The Morgan fingerprint density at radius 3 is 2.85 bits per heavy atom. The number of nitrogens with zero attached hydrogens (tertiary/aromatic N) is 3. The molecule has 1 aliphatic carbocycles. The van der Waals surface area contributed by atoms with E-state index >= 15 is 0 Å². The predicted molar refractivity (Wildman–Crippen MR) is 75.3 cm³/mol. The zero-order valence-corrected chi connectivity index (χ0v) is 12.2. The van der Waals surface area contributed by atoms with Gasteiger partial charge in [-0.2, -0.15) is 5.10 Å². The molecule has 1 aromatic heterocycles. The van der Waals surface area contributed by atoms with Crippen molar-refractivity contribution in [2.75, 3.05) is 0 Å². The molecule has 20 heavy (non-hydrogen) atoms. The molecular formula is C15H23N3O2. The standard InChI is InChI=1S/C15H23N3O2/c1-10-12(8-16-17(10)2)9-18-13-6-4-3-5-11(13)7-14(18)15(19)20/h8,11,13-14H,3-7,9H2,1-2H3,(H,19,20). The molecule has 1 aromatic rings. The number of hydrogen-bond donors (Lipinski definition) is 1. The summed E-state index contributed by atoms with van der Waals surface area (Å²) in [4.78, 5) is 13.8. The van der Waals surface area contributed by atoms with Crippen molar-refractivity contribution >= 4 is 5.97 Å². The number of carboxylic acid groups (broad SMARTS) is 1. The first-order valence-electron chi connectivity index (χ1n) is 7.54. The summed E-state index contributed by atoms with van der Waals surface area (Å²) in [5, 5.41) is 13.8. The van der Waals surface area contributed by atoms with Gasteiger partial charge in [-0.25, -0.2) is 0 Å². The molecule has 0 bridgehead atoms. The predicted octanol–water partition coefficient (Wildman–Crippen LogP) is 1.95. The monoisotopic (exact) mass is 277 g/mol. The van der Waals surface area contributed by atoms with Gasteiger partial charge in [-0.15, -0.1) is 0 Å². The van der Waals surface area contributed by atoms with E-state index in [1.807, 2.05) is 24.9 Å². The maximum atomic E-state index is 11.6. The van der Waals surface area contributed by atoms with Gasteiger partial charge >= 0.3 is 5.97 Å². The average molecular weight is 277 g/mol. The molecule has 0 spiro atoms. The van der Waals surface area contributed by atoms with E-state index in [1.165, 1.54) is 19.3 Å². The number of fused-ring (bicyclic) bond motifs is 1. The Morgan fingerprint density at radius 1 is 1.45 bits per heavy atom. The van der Waals surface area contributed by atoms with Crippen molar-refractivity contribution in [3.8, 4) is 0 Å². The average Bonchev–Trinajstić information content (AvgIpc) is 2.95. The normalized spacial score (nSPS) is 30.4. The van der Waals surface area contributed by atoms with E-state index in [1.54, 1.807) is 0 Å². The Bertz CT molecular complexity index is 511. The van der Waals surface area contributed by atoms with Gasteiger partial charge in [-0.05, 0) is 32.1 Å². The highest BCUT2D eigenvalue weighted by Crippen LogP contribution is 2.40. The summed E-state index contributed by atoms with van der Waals surface area (Å²) in [5.74, 6) is -0.0947. The fourth-order valence-corrected chi connectivity index (χ4v) is 3.92. The number of rotatable bonds is 3. The van der Waals surface area contributed by atoms with Crippen LogP contribution in [0.25, 0.3) is 0 Å². The van der Waals surface area contributed by atoms with Crippen molar-refractivity contribution in [1.29, 1.82) is 0 Å². The van der Waals surface area contributed by atoms with Gasteiger partial charge in [-0.1, -0.05) is 12.8 Å². The Hall–Kier alpha value is -1.36. The summed E-state index contributed by atoms with van der Waals surface area (Å²) in [6.07, 6.45) is 7.53. The number of aromatic nitrogens is 2. The Kier molecular flexibility index (Phi) is 3.54. The van der Waals surface area contributed by atoms with Crippen molar-refractivity contribution < 1.29 is 9.90 Å². The molecule has 3 rings (SSSR count). The highest BCUT2D eigenvalue weighted by molar-refractivity contribution is 5.74. The van der Waals surface area contributed by atoms with Gasteiger partial charge in [0.05, 0.1) is 6.20 Å². The quantitative estimate of drug-likeness (QED) is 0.917. The van der Waals surface area contributed by atoms with Gasteiger partial charge in [0.1, 0.15) is 6.04 Å². The minimum Gasteiger partial charge on any atom is -0.480 e. The molecule has 110 valence electrons. The second kappa shape index (κ2) is 5.20. The highest BCUT2D eigenvalue weighted by atomic mass is 16.4. The fourth-order valence-electron chi connectivity index (χ4n) is 3.92. The summed E-state index contributed by atoms with van der Waals surface area (Å²) >= 11 is 0. The lowest BCUT2D eigenvalue weighted by atomic mass is 9.84. The number of likely N-dealkylation sites (tertiary alicyclic amines) is 1. The molecule has 0 aromatic carbocycles. The molecule has 3 unspecified atom stereocenters. The van der Waals surface area contributed by atoms with Crippen LogP contribution in [0.1, 0.15) is 43.4 Å². The first-order chi connectivity index (χ1) is 9.58. The lowest BCUT2D eigenvalue weighted by molar-refractivity contribution is -0.142. The van der Waals surface area contributed by atoms with Crippen molar-refractivity contribution in [3.05, 3.63) is 17.5 Å². The lowest BCUT2D eigenvalue weighted by Crippen LogP contribution is -2.41. The Morgan fingerprint density at radius 2 is 2.20 bits per heavy atom. The van der Waals surface area contributed by atoms with Crippen LogP contribution in [0, 0.1) is 12.8 Å². The SMILES string of the molecule is Cc1c(CN2C(C(=O)O)CC3CCCCC32)cnn1C. The van der Waals surface area contributed by atoms with E-state index in [0.717, 1.165) is 30.6 Å². The molecule has 5 nitrogen and oxygen atoms in total. The van der Waals surface area contributed by atoms with E-state index in [4.69, 9.17) is 0 Å². The Balaban J connectivity index is 1.84. The van der Waals surface area contributed by atoms with Crippen LogP contribution in [0.2, 0.25) is 0 Å². The first-order valence-corrected chi connectivity index (χ1v) is 7.54. The molecule has 1 aliphatic heterocycles. The summed E-state index contributed by atoms with van der Waals surface area (Å²) in [5.41, 5.74) is 2.29. The molecule has 5 heteroatoms. The van der Waals surface area contributed by atoms with Crippen LogP contribution in [0.4, 0.5) is 0 Å². The largest absolute Gasteiger partial charge is 0.480 e. The molecule has 2 heterocycles. The van der Waals surface area contributed by atoms with Gasteiger partial charge in [0.2, 0.25) is 0 Å². The van der Waals surface area contributed by atoms with Crippen LogP contribution in [-0.4, -0.2) is 37.8 Å². The Labute approximate surface area is 119 Å². The summed E-state index contributed by atoms with van der Waals surface area (Å²) in [6.45, 7) is 2.77. The summed E-state index contributed by atoms with van der Waals surface area (Å²) in [7, 11) is 1.93. The van der Waals surface area contributed by atoms with E-state index in [0.29, 0.717) is 12.0 Å². The van der Waals surface area contributed by atoms with Crippen LogP contribution < -0.4 is 0 Å². The van der Waals surface area contributed by atoms with Crippen LogP contribution in [-0.2, 0) is 18.4 Å². The third-order valence-corrected chi connectivity index (χ3v) is 5.20. The van der Waals surface area contributed by atoms with Gasteiger partial charge in [0.25, 0.3) is 0 Å². The zero-order valence-electron chi connectivity index (χ0n) is 12.2. The zero-order chi connectivity index (χ0) is 14.3. The molecule has 1 saturated heterocycles. The molecule has 0 amide bonds. The summed E-state index contributed by atoms with van der Waals surface area (Å²) in [6, 6.07) is 0.132. The highest BCUT2D eigenvalue weighted by Gasteiger charge is 2.45. The fraction of sp³-hybridized carbons (Fsp3) is 0.733. The van der Waals surface area contributed by atoms with Crippen molar-refractivity contribution in [2.24, 2.45) is 13.0 Å². The maximum Gasteiger partial charge on any atom is 0.320 e. The van der Waals surface area contributed by atoms with Crippen molar-refractivity contribution in [3.63, 3.8) is 0 Å². The van der Waals surface area contributed by atoms with Crippen LogP contribution in [0.15, 0.2) is 6.20 Å². The number of aliphatic carboxylic acids is 1.